The molecule has 2 amide bonds. The Hall–Kier alpha value is -4.32. The molecule has 0 atom stereocenters. The number of carbonyl (C=O) groups is 2. The number of unbranched alkanes of at least 4 members (excludes halogenated alkanes) is 1. The van der Waals surface area contributed by atoms with Crippen LogP contribution in [0.1, 0.15) is 57.4 Å². The third kappa shape index (κ3) is 5.80. The molecule has 1 N–H and O–H groups in total. The number of anilines is 1. The minimum absolute atomic E-state index is 0.0390. The van der Waals surface area contributed by atoms with Gasteiger partial charge in [-0.05, 0) is 80.1 Å². The fourth-order valence-corrected chi connectivity index (χ4v) is 4.49. The number of hydrogen-bond acceptors (Lipinski definition) is 4. The first-order valence-corrected chi connectivity index (χ1v) is 13.1. The summed E-state index contributed by atoms with van der Waals surface area (Å²) < 4.78 is 11.8. The largest absolute Gasteiger partial charge is 0.494 e. The first kappa shape index (κ1) is 25.3. The van der Waals surface area contributed by atoms with Gasteiger partial charge in [0.15, 0.2) is 0 Å². The number of carbonyl (C=O) groups excluding carboxylic acids is 2. The van der Waals surface area contributed by atoms with Crippen molar-refractivity contribution in [2.75, 3.05) is 18.5 Å². The van der Waals surface area contributed by atoms with Gasteiger partial charge in [-0.15, -0.1) is 0 Å². The number of hydrogen-bond donors (Lipinski definition) is 1. The van der Waals surface area contributed by atoms with E-state index in [1.807, 2.05) is 78.6 Å². The highest BCUT2D eigenvalue weighted by Gasteiger charge is 2.25. The SMILES string of the molecule is CCCCOc1ccc(C(=O)Nc2ccc(-c3cc4c(o3)CCN(C(=O)c3ccc(C)cc3)C4)cc2)cc1. The van der Waals surface area contributed by atoms with Crippen molar-refractivity contribution in [2.45, 2.75) is 39.7 Å². The molecule has 194 valence electrons. The van der Waals surface area contributed by atoms with E-state index in [1.54, 1.807) is 12.1 Å². The summed E-state index contributed by atoms with van der Waals surface area (Å²) >= 11 is 0. The zero-order valence-electron chi connectivity index (χ0n) is 21.8. The molecule has 5 rings (SSSR count). The van der Waals surface area contributed by atoms with Crippen LogP contribution in [0.2, 0.25) is 0 Å². The van der Waals surface area contributed by atoms with E-state index in [1.165, 1.54) is 0 Å². The lowest BCUT2D eigenvalue weighted by Crippen LogP contribution is -2.35. The normalized spacial score (nSPS) is 12.6. The van der Waals surface area contributed by atoms with Crippen molar-refractivity contribution in [3.8, 4) is 17.1 Å². The molecule has 0 aliphatic carbocycles. The topological polar surface area (TPSA) is 71.8 Å². The third-order valence-electron chi connectivity index (χ3n) is 6.76. The molecule has 38 heavy (non-hydrogen) atoms. The minimum Gasteiger partial charge on any atom is -0.494 e. The summed E-state index contributed by atoms with van der Waals surface area (Å²) in [4.78, 5) is 27.5. The molecule has 0 unspecified atom stereocenters. The Kier molecular flexibility index (Phi) is 7.59. The summed E-state index contributed by atoms with van der Waals surface area (Å²) in [5.41, 5.74) is 5.06. The number of nitrogens with zero attached hydrogens (tertiary/aromatic N) is 1. The minimum atomic E-state index is -0.176. The van der Waals surface area contributed by atoms with Crippen LogP contribution in [0.3, 0.4) is 0 Å². The monoisotopic (exact) mass is 508 g/mol. The molecule has 1 aliphatic rings. The molecule has 0 bridgehead atoms. The van der Waals surface area contributed by atoms with Crippen LogP contribution in [0.5, 0.6) is 5.75 Å². The molecule has 0 fully saturated rings. The standard InChI is InChI=1S/C32H32N2O4/c1-3-4-19-37-28-15-11-24(12-16-28)31(35)33-27-13-9-23(10-14-27)30-20-26-21-34(18-17-29(26)38-30)32(36)25-7-5-22(2)6-8-25/h5-16,20H,3-4,17-19,21H2,1-2H3,(H,33,35). The van der Waals surface area contributed by atoms with Crippen molar-refractivity contribution in [3.63, 3.8) is 0 Å². The maximum Gasteiger partial charge on any atom is 0.255 e. The lowest BCUT2D eigenvalue weighted by atomic mass is 10.1. The third-order valence-corrected chi connectivity index (χ3v) is 6.76. The number of amides is 2. The Labute approximate surface area is 223 Å². The molecule has 0 spiro atoms. The highest BCUT2D eigenvalue weighted by atomic mass is 16.5. The highest BCUT2D eigenvalue weighted by molar-refractivity contribution is 6.04. The number of benzene rings is 3. The summed E-state index contributed by atoms with van der Waals surface area (Å²) in [5, 5.41) is 2.94. The van der Waals surface area contributed by atoms with E-state index in [4.69, 9.17) is 9.15 Å². The van der Waals surface area contributed by atoms with Crippen molar-refractivity contribution >= 4 is 17.5 Å². The average Bonchev–Trinajstić information content (AvgIpc) is 3.37. The smallest absolute Gasteiger partial charge is 0.255 e. The van der Waals surface area contributed by atoms with Gasteiger partial charge in [0.2, 0.25) is 0 Å². The van der Waals surface area contributed by atoms with Crippen molar-refractivity contribution in [2.24, 2.45) is 0 Å². The predicted octanol–water partition coefficient (Wildman–Crippen LogP) is 6.88. The lowest BCUT2D eigenvalue weighted by molar-refractivity contribution is 0.0730. The van der Waals surface area contributed by atoms with Crippen LogP contribution in [0.4, 0.5) is 5.69 Å². The molecular weight excluding hydrogens is 476 g/mol. The summed E-state index contributed by atoms with van der Waals surface area (Å²) in [6, 6.07) is 24.5. The summed E-state index contributed by atoms with van der Waals surface area (Å²) in [5.74, 6) is 2.31. The van der Waals surface area contributed by atoms with Crippen LogP contribution in [0.25, 0.3) is 11.3 Å². The quantitative estimate of drug-likeness (QED) is 0.263. The predicted molar refractivity (Wildman–Crippen MR) is 149 cm³/mol. The van der Waals surface area contributed by atoms with Crippen molar-refractivity contribution < 1.29 is 18.7 Å². The first-order valence-electron chi connectivity index (χ1n) is 13.1. The number of ether oxygens (including phenoxy) is 1. The lowest BCUT2D eigenvalue weighted by Gasteiger charge is -2.26. The zero-order chi connectivity index (χ0) is 26.5. The number of aryl methyl sites for hydroxylation is 1. The van der Waals surface area contributed by atoms with Gasteiger partial charge in [-0.2, -0.15) is 0 Å². The summed E-state index contributed by atoms with van der Waals surface area (Å²) in [6.45, 7) is 5.97. The number of furan rings is 1. The molecule has 0 radical (unpaired) electrons. The van der Waals surface area contributed by atoms with Crippen molar-refractivity contribution in [1.82, 2.24) is 4.90 Å². The molecule has 1 aromatic heterocycles. The highest BCUT2D eigenvalue weighted by Crippen LogP contribution is 2.31. The fraction of sp³-hybridized carbons (Fsp3) is 0.250. The molecule has 0 saturated heterocycles. The van der Waals surface area contributed by atoms with Gasteiger partial charge in [0.05, 0.1) is 6.61 Å². The van der Waals surface area contributed by atoms with Crippen molar-refractivity contribution in [3.05, 3.63) is 107 Å². The van der Waals surface area contributed by atoms with Gasteiger partial charge >= 0.3 is 0 Å². The molecule has 1 aliphatic heterocycles. The molecule has 6 heteroatoms. The number of fused-ring (bicyclic) bond motifs is 1. The Morgan fingerprint density at radius 3 is 2.37 bits per heavy atom. The fourth-order valence-electron chi connectivity index (χ4n) is 4.49. The van der Waals surface area contributed by atoms with E-state index < -0.39 is 0 Å². The van der Waals surface area contributed by atoms with E-state index in [-0.39, 0.29) is 11.8 Å². The van der Waals surface area contributed by atoms with Gasteiger partial charge in [0.25, 0.3) is 11.8 Å². The summed E-state index contributed by atoms with van der Waals surface area (Å²) in [6.07, 6.45) is 2.77. The maximum atomic E-state index is 13.0. The molecule has 3 aromatic carbocycles. The molecular formula is C32H32N2O4. The van der Waals surface area contributed by atoms with Gasteiger partial charge in [-0.1, -0.05) is 31.0 Å². The van der Waals surface area contributed by atoms with Gasteiger partial charge < -0.3 is 19.4 Å². The molecule has 6 nitrogen and oxygen atoms in total. The second-order valence-corrected chi connectivity index (χ2v) is 9.66. The van der Waals surface area contributed by atoms with Crippen LogP contribution in [0, 0.1) is 6.92 Å². The van der Waals surface area contributed by atoms with E-state index >= 15 is 0 Å². The first-order chi connectivity index (χ1) is 18.5. The molecule has 0 saturated carbocycles. The zero-order valence-corrected chi connectivity index (χ0v) is 21.8. The van der Waals surface area contributed by atoms with Gasteiger partial charge in [0.1, 0.15) is 17.3 Å². The number of nitrogens with one attached hydrogen (secondary N) is 1. The average molecular weight is 509 g/mol. The van der Waals surface area contributed by atoms with Crippen LogP contribution in [-0.4, -0.2) is 29.9 Å². The van der Waals surface area contributed by atoms with Crippen LogP contribution in [0.15, 0.2) is 83.3 Å². The molecule has 4 aromatic rings. The second kappa shape index (κ2) is 11.4. The Bertz CT molecular complexity index is 1400. The Balaban J connectivity index is 1.20. The van der Waals surface area contributed by atoms with E-state index in [0.717, 1.165) is 46.8 Å². The Morgan fingerprint density at radius 2 is 1.66 bits per heavy atom. The van der Waals surface area contributed by atoms with Crippen molar-refractivity contribution in [1.29, 1.82) is 0 Å². The van der Waals surface area contributed by atoms with Gasteiger partial charge in [-0.25, -0.2) is 0 Å². The van der Waals surface area contributed by atoms with Crippen LogP contribution < -0.4 is 10.1 Å². The van der Waals surface area contributed by atoms with E-state index in [0.29, 0.717) is 42.9 Å². The van der Waals surface area contributed by atoms with Crippen LogP contribution >= 0.6 is 0 Å². The van der Waals surface area contributed by atoms with Gasteiger partial charge in [0, 0.05) is 47.5 Å². The molecule has 2 heterocycles. The van der Waals surface area contributed by atoms with E-state index in [2.05, 4.69) is 12.2 Å². The Morgan fingerprint density at radius 1 is 0.947 bits per heavy atom. The van der Waals surface area contributed by atoms with Gasteiger partial charge in [-0.3, -0.25) is 9.59 Å². The van der Waals surface area contributed by atoms with Crippen LogP contribution in [-0.2, 0) is 13.0 Å². The second-order valence-electron chi connectivity index (χ2n) is 9.66. The number of rotatable bonds is 8. The maximum absolute atomic E-state index is 13.0. The van der Waals surface area contributed by atoms with E-state index in [9.17, 15) is 9.59 Å². The summed E-state index contributed by atoms with van der Waals surface area (Å²) in [7, 11) is 0.